The van der Waals surface area contributed by atoms with Gasteiger partial charge in [0.25, 0.3) is 0 Å². The van der Waals surface area contributed by atoms with Gasteiger partial charge >= 0.3 is 0 Å². The molecule has 0 fully saturated rings. The molecule has 96 valence electrons. The van der Waals surface area contributed by atoms with E-state index in [0.717, 1.165) is 24.8 Å². The predicted octanol–water partition coefficient (Wildman–Crippen LogP) is 4.56. The molecule has 0 aliphatic rings. The van der Waals surface area contributed by atoms with Crippen LogP contribution in [0.2, 0.25) is 0 Å². The van der Waals surface area contributed by atoms with E-state index in [1.807, 2.05) is 0 Å². The number of hydrogen-bond acceptors (Lipinski definition) is 2. The predicted molar refractivity (Wildman–Crippen MR) is 71.6 cm³/mol. The normalized spacial score (nSPS) is 12.6. The van der Waals surface area contributed by atoms with Gasteiger partial charge in [-0.05, 0) is 37.0 Å². The lowest BCUT2D eigenvalue weighted by molar-refractivity contribution is 0.436. The Labute approximate surface area is 104 Å². The van der Waals surface area contributed by atoms with Crippen LogP contribution in [0.15, 0.2) is 18.2 Å². The molecule has 1 aromatic carbocycles. The maximum absolute atomic E-state index is 9.88. The SMILES string of the molecule is CCCCCC(CCC)c1cc(O)ccc1O. The molecule has 1 unspecified atom stereocenters. The molecule has 0 aromatic heterocycles. The molecule has 2 N–H and O–H groups in total. The third-order valence-corrected chi connectivity index (χ3v) is 3.24. The molecule has 1 atom stereocenters. The molecule has 0 bridgehead atoms. The summed E-state index contributed by atoms with van der Waals surface area (Å²) in [6.45, 7) is 4.35. The minimum Gasteiger partial charge on any atom is -0.508 e. The lowest BCUT2D eigenvalue weighted by Gasteiger charge is -2.18. The Morgan fingerprint density at radius 2 is 1.76 bits per heavy atom. The monoisotopic (exact) mass is 236 g/mol. The van der Waals surface area contributed by atoms with E-state index in [2.05, 4.69) is 13.8 Å². The first-order valence-corrected chi connectivity index (χ1v) is 6.70. The van der Waals surface area contributed by atoms with Gasteiger partial charge in [-0.3, -0.25) is 0 Å². The van der Waals surface area contributed by atoms with Crippen molar-refractivity contribution in [1.82, 2.24) is 0 Å². The van der Waals surface area contributed by atoms with Gasteiger partial charge in [0.2, 0.25) is 0 Å². The molecule has 17 heavy (non-hydrogen) atoms. The smallest absolute Gasteiger partial charge is 0.119 e. The summed E-state index contributed by atoms with van der Waals surface area (Å²) in [6, 6.07) is 4.84. The second-order valence-corrected chi connectivity index (χ2v) is 4.72. The Bertz CT molecular complexity index is 334. The standard InChI is InChI=1S/C15H24O2/c1-3-5-6-8-12(7-4-2)14-11-13(16)9-10-15(14)17/h9-12,16-17H,3-8H2,1-2H3. The van der Waals surface area contributed by atoms with Gasteiger partial charge in [-0.15, -0.1) is 0 Å². The Hall–Kier alpha value is -1.18. The zero-order valence-corrected chi connectivity index (χ0v) is 10.9. The van der Waals surface area contributed by atoms with Crippen LogP contribution in [-0.2, 0) is 0 Å². The van der Waals surface area contributed by atoms with Crippen LogP contribution in [0.5, 0.6) is 11.5 Å². The van der Waals surface area contributed by atoms with Crippen molar-refractivity contribution in [3.8, 4) is 11.5 Å². The van der Waals surface area contributed by atoms with Gasteiger partial charge in [-0.1, -0.05) is 39.5 Å². The number of unbranched alkanes of at least 4 members (excludes halogenated alkanes) is 2. The van der Waals surface area contributed by atoms with Gasteiger partial charge in [0.1, 0.15) is 11.5 Å². The van der Waals surface area contributed by atoms with Crippen molar-refractivity contribution in [2.45, 2.75) is 58.3 Å². The molecule has 0 amide bonds. The topological polar surface area (TPSA) is 40.5 Å². The van der Waals surface area contributed by atoms with Crippen LogP contribution in [0, 0.1) is 0 Å². The van der Waals surface area contributed by atoms with E-state index in [-0.39, 0.29) is 5.75 Å². The number of benzene rings is 1. The highest BCUT2D eigenvalue weighted by atomic mass is 16.3. The van der Waals surface area contributed by atoms with Crippen molar-refractivity contribution < 1.29 is 10.2 Å². The zero-order chi connectivity index (χ0) is 12.7. The van der Waals surface area contributed by atoms with E-state index >= 15 is 0 Å². The van der Waals surface area contributed by atoms with Gasteiger partial charge in [-0.2, -0.15) is 0 Å². The van der Waals surface area contributed by atoms with Crippen molar-refractivity contribution >= 4 is 0 Å². The highest BCUT2D eigenvalue weighted by Crippen LogP contribution is 2.35. The number of phenols is 2. The number of phenolic OH excluding ortho intramolecular Hbond substituents is 2. The summed E-state index contributed by atoms with van der Waals surface area (Å²) < 4.78 is 0. The fourth-order valence-electron chi connectivity index (χ4n) is 2.31. The summed E-state index contributed by atoms with van der Waals surface area (Å²) in [5.74, 6) is 0.936. The lowest BCUT2D eigenvalue weighted by Crippen LogP contribution is -1.99. The van der Waals surface area contributed by atoms with Crippen LogP contribution in [0.4, 0.5) is 0 Å². The van der Waals surface area contributed by atoms with Crippen LogP contribution in [0.3, 0.4) is 0 Å². The summed E-state index contributed by atoms with van der Waals surface area (Å²) in [7, 11) is 0. The Morgan fingerprint density at radius 3 is 2.41 bits per heavy atom. The van der Waals surface area contributed by atoms with E-state index < -0.39 is 0 Å². The van der Waals surface area contributed by atoms with Gasteiger partial charge in [0, 0.05) is 5.56 Å². The Kier molecular flexibility index (Phi) is 5.88. The number of hydrogen-bond donors (Lipinski definition) is 2. The molecule has 0 aliphatic carbocycles. The summed E-state index contributed by atoms with van der Waals surface area (Å²) in [5.41, 5.74) is 0.906. The summed E-state index contributed by atoms with van der Waals surface area (Å²) in [6.07, 6.45) is 6.91. The average molecular weight is 236 g/mol. The molecular formula is C15H24O2. The van der Waals surface area contributed by atoms with Crippen molar-refractivity contribution in [2.24, 2.45) is 0 Å². The van der Waals surface area contributed by atoms with E-state index in [1.54, 1.807) is 12.1 Å². The first kappa shape index (κ1) is 13.9. The van der Waals surface area contributed by atoms with Crippen molar-refractivity contribution in [3.05, 3.63) is 23.8 Å². The van der Waals surface area contributed by atoms with Crippen LogP contribution in [-0.4, -0.2) is 10.2 Å². The fourth-order valence-corrected chi connectivity index (χ4v) is 2.31. The summed E-state index contributed by atoms with van der Waals surface area (Å²) >= 11 is 0. The maximum Gasteiger partial charge on any atom is 0.119 e. The summed E-state index contributed by atoms with van der Waals surface area (Å²) in [4.78, 5) is 0. The van der Waals surface area contributed by atoms with E-state index in [4.69, 9.17) is 0 Å². The Morgan fingerprint density at radius 1 is 1.00 bits per heavy atom. The first-order chi connectivity index (χ1) is 8.19. The van der Waals surface area contributed by atoms with Gasteiger partial charge in [-0.25, -0.2) is 0 Å². The Balaban J connectivity index is 2.77. The third kappa shape index (κ3) is 4.29. The molecule has 2 heteroatoms. The van der Waals surface area contributed by atoms with Crippen LogP contribution in [0.1, 0.15) is 63.9 Å². The molecule has 2 nitrogen and oxygen atoms in total. The molecule has 0 aliphatic heterocycles. The quantitative estimate of drug-likeness (QED) is 0.538. The molecule has 0 spiro atoms. The van der Waals surface area contributed by atoms with Crippen LogP contribution < -0.4 is 0 Å². The van der Waals surface area contributed by atoms with E-state index in [9.17, 15) is 10.2 Å². The highest BCUT2D eigenvalue weighted by Gasteiger charge is 2.15. The molecule has 0 saturated heterocycles. The molecule has 1 rings (SSSR count). The molecular weight excluding hydrogens is 212 g/mol. The number of aromatic hydroxyl groups is 2. The summed E-state index contributed by atoms with van der Waals surface area (Å²) in [5, 5.41) is 19.4. The minimum atomic E-state index is 0.245. The van der Waals surface area contributed by atoms with Gasteiger partial charge in [0.05, 0.1) is 0 Å². The van der Waals surface area contributed by atoms with Crippen LogP contribution in [0.25, 0.3) is 0 Å². The molecule has 0 radical (unpaired) electrons. The largest absolute Gasteiger partial charge is 0.508 e. The highest BCUT2D eigenvalue weighted by molar-refractivity contribution is 5.40. The van der Waals surface area contributed by atoms with Crippen molar-refractivity contribution in [1.29, 1.82) is 0 Å². The second-order valence-electron chi connectivity index (χ2n) is 4.72. The van der Waals surface area contributed by atoms with Crippen LogP contribution >= 0.6 is 0 Å². The first-order valence-electron chi connectivity index (χ1n) is 6.70. The van der Waals surface area contributed by atoms with Gasteiger partial charge in [0.15, 0.2) is 0 Å². The lowest BCUT2D eigenvalue weighted by atomic mass is 9.88. The second kappa shape index (κ2) is 7.21. The molecule has 0 saturated carbocycles. The zero-order valence-electron chi connectivity index (χ0n) is 10.9. The van der Waals surface area contributed by atoms with Gasteiger partial charge < -0.3 is 10.2 Å². The maximum atomic E-state index is 9.88. The third-order valence-electron chi connectivity index (χ3n) is 3.24. The van der Waals surface area contributed by atoms with Crippen molar-refractivity contribution in [3.63, 3.8) is 0 Å². The molecule has 0 heterocycles. The fraction of sp³-hybridized carbons (Fsp3) is 0.600. The number of rotatable bonds is 7. The average Bonchev–Trinajstić information content (AvgIpc) is 2.32. The van der Waals surface area contributed by atoms with Crippen molar-refractivity contribution in [2.75, 3.05) is 0 Å². The molecule has 1 aromatic rings. The minimum absolute atomic E-state index is 0.245. The van der Waals surface area contributed by atoms with E-state index in [1.165, 1.54) is 25.3 Å². The van der Waals surface area contributed by atoms with E-state index in [0.29, 0.717) is 11.7 Å².